The fraction of sp³-hybridized carbons (Fsp3) is 0.438. The van der Waals surface area contributed by atoms with Crippen molar-refractivity contribution >= 4 is 40.9 Å². The summed E-state index contributed by atoms with van der Waals surface area (Å²) in [5.74, 6) is -2.82. The summed E-state index contributed by atoms with van der Waals surface area (Å²) in [4.78, 5) is 35.4. The number of unbranched alkanes of at least 4 members (excludes halogenated alkanes) is 1. The molecule has 1 rings (SSSR count). The van der Waals surface area contributed by atoms with Crippen LogP contribution in [0.2, 0.25) is 10.0 Å². The van der Waals surface area contributed by atoms with Crippen molar-refractivity contribution in [1.82, 2.24) is 5.32 Å². The van der Waals surface area contributed by atoms with Crippen LogP contribution in [0, 0.1) is 0 Å². The van der Waals surface area contributed by atoms with Gasteiger partial charge >= 0.3 is 0 Å². The van der Waals surface area contributed by atoms with Gasteiger partial charge in [0, 0.05) is 16.5 Å². The summed E-state index contributed by atoms with van der Waals surface area (Å²) in [6, 6.07) is 3.73. The third-order valence-electron chi connectivity index (χ3n) is 3.70. The number of hydrogen-bond donors (Lipinski definition) is 4. The molecule has 7 nitrogen and oxygen atoms in total. The summed E-state index contributed by atoms with van der Waals surface area (Å²) >= 11 is 11.9. The first-order chi connectivity index (χ1) is 11.8. The first-order valence-electron chi connectivity index (χ1n) is 7.79. The highest BCUT2D eigenvalue weighted by Crippen LogP contribution is 2.29. The third kappa shape index (κ3) is 6.89. The van der Waals surface area contributed by atoms with Crippen molar-refractivity contribution in [2.45, 2.75) is 37.6 Å². The molecule has 25 heavy (non-hydrogen) atoms. The van der Waals surface area contributed by atoms with Crippen molar-refractivity contribution in [2.24, 2.45) is 17.2 Å². The van der Waals surface area contributed by atoms with Crippen LogP contribution in [0.1, 0.15) is 37.2 Å². The summed E-state index contributed by atoms with van der Waals surface area (Å²) in [5.41, 5.74) is 16.5. The van der Waals surface area contributed by atoms with E-state index in [1.807, 2.05) is 0 Å². The maximum Gasteiger partial charge on any atom is 0.239 e. The average molecular weight is 389 g/mol. The van der Waals surface area contributed by atoms with E-state index in [0.717, 1.165) is 0 Å². The minimum Gasteiger partial charge on any atom is -0.369 e. The van der Waals surface area contributed by atoms with Gasteiger partial charge in [-0.2, -0.15) is 0 Å². The number of halogens is 2. The normalized spacial score (nSPS) is 13.1. The SMILES string of the molecule is NCCCCC(NC(=O)CC(C(N)=O)c1ccc(Cl)cc1Cl)C(N)=O. The molecule has 1 aromatic rings. The second-order valence-electron chi connectivity index (χ2n) is 5.63. The topological polar surface area (TPSA) is 141 Å². The lowest BCUT2D eigenvalue weighted by Crippen LogP contribution is -2.45. The number of primary amides is 2. The van der Waals surface area contributed by atoms with E-state index in [2.05, 4.69) is 5.32 Å². The molecule has 7 N–H and O–H groups in total. The van der Waals surface area contributed by atoms with Gasteiger partial charge in [0.15, 0.2) is 0 Å². The quantitative estimate of drug-likeness (QED) is 0.444. The van der Waals surface area contributed by atoms with Crippen LogP contribution < -0.4 is 22.5 Å². The summed E-state index contributed by atoms with van der Waals surface area (Å²) in [7, 11) is 0. The minimum absolute atomic E-state index is 0.235. The Morgan fingerprint density at radius 3 is 2.28 bits per heavy atom. The Balaban J connectivity index is 2.81. The largest absolute Gasteiger partial charge is 0.369 e. The van der Waals surface area contributed by atoms with Crippen LogP contribution in [0.4, 0.5) is 0 Å². The molecule has 2 unspecified atom stereocenters. The van der Waals surface area contributed by atoms with E-state index in [1.165, 1.54) is 6.07 Å². The van der Waals surface area contributed by atoms with E-state index in [4.69, 9.17) is 40.4 Å². The van der Waals surface area contributed by atoms with E-state index in [1.54, 1.807) is 12.1 Å². The Morgan fingerprint density at radius 1 is 1.08 bits per heavy atom. The maximum absolute atomic E-state index is 12.2. The van der Waals surface area contributed by atoms with Crippen molar-refractivity contribution < 1.29 is 14.4 Å². The first kappa shape index (κ1) is 21.2. The molecule has 3 amide bonds. The Kier molecular flexibility index (Phi) is 8.68. The second-order valence-corrected chi connectivity index (χ2v) is 6.48. The highest BCUT2D eigenvalue weighted by molar-refractivity contribution is 6.35. The molecule has 0 fully saturated rings. The predicted molar refractivity (Wildman–Crippen MR) is 97.0 cm³/mol. The minimum atomic E-state index is -0.942. The summed E-state index contributed by atoms with van der Waals surface area (Å²) < 4.78 is 0. The maximum atomic E-state index is 12.2. The molecule has 0 saturated heterocycles. The lowest BCUT2D eigenvalue weighted by molar-refractivity contribution is -0.129. The molecular formula is C16H22Cl2N4O3. The number of hydrogen-bond acceptors (Lipinski definition) is 4. The molecule has 0 aliphatic carbocycles. The number of carbonyl (C=O) groups is 3. The van der Waals surface area contributed by atoms with Crippen molar-refractivity contribution in [3.63, 3.8) is 0 Å². The van der Waals surface area contributed by atoms with Crippen LogP contribution in [0.25, 0.3) is 0 Å². The van der Waals surface area contributed by atoms with E-state index < -0.39 is 29.7 Å². The standard InChI is InChI=1S/C16H22Cl2N4O3/c17-9-4-5-10(12(18)7-9)11(15(20)24)8-14(23)22-13(16(21)25)3-1-2-6-19/h4-5,7,11,13H,1-3,6,8,19H2,(H2,20,24)(H2,21,25)(H,22,23). The number of nitrogens with one attached hydrogen (secondary N) is 1. The highest BCUT2D eigenvalue weighted by Gasteiger charge is 2.26. The van der Waals surface area contributed by atoms with E-state index in [0.29, 0.717) is 36.4 Å². The molecule has 0 aliphatic rings. The van der Waals surface area contributed by atoms with Gasteiger partial charge in [0.25, 0.3) is 0 Å². The lowest BCUT2D eigenvalue weighted by Gasteiger charge is -2.19. The smallest absolute Gasteiger partial charge is 0.239 e. The Morgan fingerprint density at radius 2 is 1.76 bits per heavy atom. The fourth-order valence-electron chi connectivity index (χ4n) is 2.36. The molecule has 0 spiro atoms. The van der Waals surface area contributed by atoms with Crippen molar-refractivity contribution in [3.05, 3.63) is 33.8 Å². The van der Waals surface area contributed by atoms with Crippen LogP contribution >= 0.6 is 23.2 Å². The van der Waals surface area contributed by atoms with E-state index >= 15 is 0 Å². The van der Waals surface area contributed by atoms with Crippen molar-refractivity contribution in [2.75, 3.05) is 6.54 Å². The van der Waals surface area contributed by atoms with Gasteiger partial charge in [-0.1, -0.05) is 29.3 Å². The molecule has 9 heteroatoms. The predicted octanol–water partition coefficient (Wildman–Crippen LogP) is 1.05. The van der Waals surface area contributed by atoms with Gasteiger partial charge < -0.3 is 22.5 Å². The highest BCUT2D eigenvalue weighted by atomic mass is 35.5. The number of benzene rings is 1. The summed E-state index contributed by atoms with van der Waals surface area (Å²) in [6.45, 7) is 0.484. The second kappa shape index (κ2) is 10.2. The van der Waals surface area contributed by atoms with Crippen molar-refractivity contribution in [3.8, 4) is 0 Å². The molecule has 1 aromatic carbocycles. The number of amides is 3. The molecular weight excluding hydrogens is 367 g/mol. The van der Waals surface area contributed by atoms with Crippen LogP contribution in [0.5, 0.6) is 0 Å². The molecule has 0 aromatic heterocycles. The Bertz CT molecular complexity index is 640. The molecule has 0 radical (unpaired) electrons. The average Bonchev–Trinajstić information content (AvgIpc) is 2.52. The van der Waals surface area contributed by atoms with Crippen molar-refractivity contribution in [1.29, 1.82) is 0 Å². The van der Waals surface area contributed by atoms with E-state index in [-0.39, 0.29) is 11.4 Å². The van der Waals surface area contributed by atoms with Crippen LogP contribution in [-0.4, -0.2) is 30.3 Å². The van der Waals surface area contributed by atoms with Gasteiger partial charge in [-0.25, -0.2) is 0 Å². The lowest BCUT2D eigenvalue weighted by atomic mass is 9.94. The number of rotatable bonds is 10. The monoisotopic (exact) mass is 388 g/mol. The first-order valence-corrected chi connectivity index (χ1v) is 8.54. The third-order valence-corrected chi connectivity index (χ3v) is 4.26. The zero-order valence-corrected chi connectivity index (χ0v) is 15.1. The zero-order valence-electron chi connectivity index (χ0n) is 13.6. The summed E-state index contributed by atoms with van der Waals surface area (Å²) in [5, 5.41) is 3.16. The van der Waals surface area contributed by atoms with Gasteiger partial charge in [-0.15, -0.1) is 0 Å². The Hall–Kier alpha value is -1.83. The van der Waals surface area contributed by atoms with Crippen LogP contribution in [0.15, 0.2) is 18.2 Å². The molecule has 2 atom stereocenters. The molecule has 0 heterocycles. The molecule has 0 aliphatic heterocycles. The van der Waals surface area contributed by atoms with Crippen LogP contribution in [-0.2, 0) is 14.4 Å². The molecule has 0 saturated carbocycles. The summed E-state index contributed by atoms with van der Waals surface area (Å²) in [6.07, 6.45) is 1.48. The van der Waals surface area contributed by atoms with Gasteiger partial charge in [0.05, 0.1) is 5.92 Å². The number of carbonyl (C=O) groups excluding carboxylic acids is 3. The molecule has 138 valence electrons. The van der Waals surface area contributed by atoms with Crippen LogP contribution in [0.3, 0.4) is 0 Å². The van der Waals surface area contributed by atoms with Gasteiger partial charge in [0.2, 0.25) is 17.7 Å². The van der Waals surface area contributed by atoms with Gasteiger partial charge in [-0.05, 0) is 43.5 Å². The van der Waals surface area contributed by atoms with E-state index in [9.17, 15) is 14.4 Å². The zero-order chi connectivity index (χ0) is 19.0. The fourth-order valence-corrected chi connectivity index (χ4v) is 2.91. The number of nitrogens with two attached hydrogens (primary N) is 3. The van der Waals surface area contributed by atoms with Gasteiger partial charge in [0.1, 0.15) is 6.04 Å². The van der Waals surface area contributed by atoms with Gasteiger partial charge in [-0.3, -0.25) is 14.4 Å². The Labute approximate surface area is 156 Å². The molecule has 0 bridgehead atoms.